The van der Waals surface area contributed by atoms with Crippen LogP contribution < -0.4 is 11.3 Å². The van der Waals surface area contributed by atoms with Crippen molar-refractivity contribution < 1.29 is 14.5 Å². The van der Waals surface area contributed by atoms with E-state index in [0.29, 0.717) is 5.56 Å². The zero-order chi connectivity index (χ0) is 19.3. The second-order valence-electron chi connectivity index (χ2n) is 5.31. The average Bonchev–Trinajstić information content (AvgIpc) is 2.59. The van der Waals surface area contributed by atoms with Crippen molar-refractivity contribution in [3.8, 4) is 6.07 Å². The number of anilines is 1. The van der Waals surface area contributed by atoms with Gasteiger partial charge in [0.25, 0.3) is 0 Å². The average molecular weight is 357 g/mol. The zero-order valence-electron chi connectivity index (χ0n) is 13.8. The quantitative estimate of drug-likeness (QED) is 0.435. The number of aromatic amines is 1. The van der Waals surface area contributed by atoms with Gasteiger partial charge in [0.15, 0.2) is 5.69 Å². The lowest BCUT2D eigenvalue weighted by Gasteiger charge is -2.23. The molecule has 10 nitrogen and oxygen atoms in total. The fourth-order valence-corrected chi connectivity index (χ4v) is 2.50. The van der Waals surface area contributed by atoms with Gasteiger partial charge >= 0.3 is 17.2 Å². The fourth-order valence-electron chi connectivity index (χ4n) is 2.50. The molecule has 3 N–H and O–H groups in total. The number of H-pyrrole nitrogens is 1. The molecule has 2 aromatic rings. The van der Waals surface area contributed by atoms with Crippen molar-refractivity contribution in [2.45, 2.75) is 18.8 Å². The summed E-state index contributed by atoms with van der Waals surface area (Å²) in [6, 6.07) is 10.1. The number of carbonyl (C=O) groups is 1. The predicted octanol–water partition coefficient (Wildman–Crippen LogP) is 0.827. The first-order valence-electron chi connectivity index (χ1n) is 7.52. The molecule has 0 amide bonds. The number of hydrogen-bond acceptors (Lipinski definition) is 8. The van der Waals surface area contributed by atoms with Gasteiger partial charge in [-0.1, -0.05) is 30.3 Å². The molecule has 0 aliphatic carbocycles. The Bertz CT molecular complexity index is 934. The molecule has 2 rings (SSSR count). The molecule has 0 radical (unpaired) electrons. The number of nitrogen functional groups attached to an aromatic ring is 1. The van der Waals surface area contributed by atoms with E-state index in [1.807, 2.05) is 4.98 Å². The van der Waals surface area contributed by atoms with Gasteiger partial charge in [-0.15, -0.1) is 0 Å². The first-order chi connectivity index (χ1) is 12.4. The standard InChI is InChI=1S/C16H15N5O5/c1-2-26-14(23)16(9-17,8-10-6-4-3-5-7-10)12-11(21(24)25)13(22)20-15(18)19-12/h3-7H,2,8H2,1H3,(H3,18,19,20,22). The van der Waals surface area contributed by atoms with E-state index in [2.05, 4.69) is 4.98 Å². The van der Waals surface area contributed by atoms with Crippen LogP contribution >= 0.6 is 0 Å². The molecular weight excluding hydrogens is 342 g/mol. The van der Waals surface area contributed by atoms with Crippen LogP contribution in [-0.4, -0.2) is 27.5 Å². The maximum Gasteiger partial charge on any atom is 0.357 e. The topological polar surface area (TPSA) is 165 Å². The van der Waals surface area contributed by atoms with Gasteiger partial charge in [-0.25, -0.2) is 9.78 Å². The Morgan fingerprint density at radius 3 is 2.65 bits per heavy atom. The van der Waals surface area contributed by atoms with Gasteiger partial charge in [0.05, 0.1) is 17.6 Å². The van der Waals surface area contributed by atoms with Gasteiger partial charge in [0.1, 0.15) is 0 Å². The number of nitrogens with two attached hydrogens (primary N) is 1. The molecule has 0 saturated carbocycles. The van der Waals surface area contributed by atoms with Gasteiger partial charge in [0, 0.05) is 6.42 Å². The summed E-state index contributed by atoms with van der Waals surface area (Å²) in [7, 11) is 0. The number of nitrogens with one attached hydrogen (secondary N) is 1. The molecule has 0 aliphatic heterocycles. The summed E-state index contributed by atoms with van der Waals surface area (Å²) in [4.78, 5) is 40.8. The molecule has 134 valence electrons. The summed E-state index contributed by atoms with van der Waals surface area (Å²) in [6.07, 6.45) is -0.278. The van der Waals surface area contributed by atoms with E-state index in [4.69, 9.17) is 10.5 Å². The molecule has 0 saturated heterocycles. The van der Waals surface area contributed by atoms with Crippen LogP contribution in [0.25, 0.3) is 0 Å². The van der Waals surface area contributed by atoms with E-state index in [9.17, 15) is 25.0 Å². The summed E-state index contributed by atoms with van der Waals surface area (Å²) >= 11 is 0. The Morgan fingerprint density at radius 2 is 2.12 bits per heavy atom. The van der Waals surface area contributed by atoms with Crippen LogP contribution in [-0.2, 0) is 21.4 Å². The highest BCUT2D eigenvalue weighted by molar-refractivity contribution is 5.88. The largest absolute Gasteiger partial charge is 0.464 e. The SMILES string of the molecule is CCOC(=O)C(C#N)(Cc1ccccc1)c1nc(N)[nH]c(=O)c1[N+](=O)[O-]. The van der Waals surface area contributed by atoms with Gasteiger partial charge in [0.2, 0.25) is 11.4 Å². The molecule has 1 atom stereocenters. The predicted molar refractivity (Wildman–Crippen MR) is 90.0 cm³/mol. The highest BCUT2D eigenvalue weighted by atomic mass is 16.6. The summed E-state index contributed by atoms with van der Waals surface area (Å²) in [5, 5.41) is 21.2. The molecule has 0 bridgehead atoms. The Labute approximate surface area is 147 Å². The molecule has 1 heterocycles. The maximum atomic E-state index is 12.6. The van der Waals surface area contributed by atoms with Crippen LogP contribution in [0.1, 0.15) is 18.2 Å². The number of nitro groups is 1. The number of carbonyl (C=O) groups excluding carboxylic acids is 1. The molecule has 26 heavy (non-hydrogen) atoms. The van der Waals surface area contributed by atoms with Crippen LogP contribution in [0.5, 0.6) is 0 Å². The Hall–Kier alpha value is -3.74. The number of benzene rings is 1. The van der Waals surface area contributed by atoms with E-state index in [0.717, 1.165) is 0 Å². The van der Waals surface area contributed by atoms with E-state index in [-0.39, 0.29) is 13.0 Å². The first-order valence-corrected chi connectivity index (χ1v) is 7.52. The van der Waals surface area contributed by atoms with Crippen molar-refractivity contribution in [2.24, 2.45) is 0 Å². The normalized spacial score (nSPS) is 12.6. The third-order valence-electron chi connectivity index (χ3n) is 3.63. The third kappa shape index (κ3) is 3.36. The Morgan fingerprint density at radius 1 is 1.46 bits per heavy atom. The minimum atomic E-state index is -2.21. The zero-order valence-corrected chi connectivity index (χ0v) is 13.8. The fraction of sp³-hybridized carbons (Fsp3) is 0.250. The lowest BCUT2D eigenvalue weighted by atomic mass is 9.79. The number of hydrogen-bond donors (Lipinski definition) is 2. The van der Waals surface area contributed by atoms with Crippen LogP contribution in [0, 0.1) is 21.4 Å². The monoisotopic (exact) mass is 357 g/mol. The second-order valence-corrected chi connectivity index (χ2v) is 5.31. The number of esters is 1. The molecule has 1 aromatic carbocycles. The molecule has 1 aromatic heterocycles. The Balaban J connectivity index is 2.81. The Kier molecular flexibility index (Phi) is 5.32. The highest BCUT2D eigenvalue weighted by Gasteiger charge is 2.50. The molecule has 0 aliphatic rings. The van der Waals surface area contributed by atoms with Crippen molar-refractivity contribution in [1.29, 1.82) is 5.26 Å². The van der Waals surface area contributed by atoms with Crippen molar-refractivity contribution >= 4 is 17.6 Å². The van der Waals surface area contributed by atoms with Crippen molar-refractivity contribution in [2.75, 3.05) is 12.3 Å². The molecule has 0 spiro atoms. The molecule has 1 unspecified atom stereocenters. The summed E-state index contributed by atoms with van der Waals surface area (Å²) < 4.78 is 4.96. The molecule has 10 heteroatoms. The first kappa shape index (κ1) is 18.6. The third-order valence-corrected chi connectivity index (χ3v) is 3.63. The van der Waals surface area contributed by atoms with Crippen molar-refractivity contribution in [1.82, 2.24) is 9.97 Å². The number of ether oxygens (including phenoxy) is 1. The minimum Gasteiger partial charge on any atom is -0.464 e. The smallest absolute Gasteiger partial charge is 0.357 e. The lowest BCUT2D eigenvalue weighted by Crippen LogP contribution is -2.41. The summed E-state index contributed by atoms with van der Waals surface area (Å²) in [6.45, 7) is 1.46. The lowest BCUT2D eigenvalue weighted by molar-refractivity contribution is -0.387. The minimum absolute atomic E-state index is 0.0659. The van der Waals surface area contributed by atoms with Gasteiger partial charge in [-0.2, -0.15) is 5.26 Å². The second kappa shape index (κ2) is 7.43. The van der Waals surface area contributed by atoms with Crippen LogP contribution in [0.2, 0.25) is 0 Å². The summed E-state index contributed by atoms with van der Waals surface area (Å²) in [5.74, 6) is -1.50. The van der Waals surface area contributed by atoms with E-state index >= 15 is 0 Å². The highest BCUT2D eigenvalue weighted by Crippen LogP contribution is 2.33. The number of aromatic nitrogens is 2. The van der Waals surface area contributed by atoms with Crippen LogP contribution in [0.3, 0.4) is 0 Å². The van der Waals surface area contributed by atoms with Gasteiger partial charge < -0.3 is 10.5 Å². The van der Waals surface area contributed by atoms with Crippen molar-refractivity contribution in [3.05, 3.63) is 62.1 Å². The van der Waals surface area contributed by atoms with Crippen LogP contribution in [0.4, 0.5) is 11.6 Å². The number of nitriles is 1. The van der Waals surface area contributed by atoms with Crippen LogP contribution in [0.15, 0.2) is 35.1 Å². The molecular formula is C16H15N5O5. The van der Waals surface area contributed by atoms with E-state index in [1.54, 1.807) is 36.4 Å². The summed E-state index contributed by atoms with van der Waals surface area (Å²) in [5.41, 5.74) is 0.989. The maximum absolute atomic E-state index is 12.6. The van der Waals surface area contributed by atoms with Gasteiger partial charge in [-0.3, -0.25) is 19.9 Å². The number of nitrogens with zero attached hydrogens (tertiary/aromatic N) is 3. The van der Waals surface area contributed by atoms with Crippen molar-refractivity contribution in [3.63, 3.8) is 0 Å². The van der Waals surface area contributed by atoms with Gasteiger partial charge in [-0.05, 0) is 12.5 Å². The molecule has 0 fully saturated rings. The van der Waals surface area contributed by atoms with E-state index < -0.39 is 39.2 Å². The van der Waals surface area contributed by atoms with E-state index in [1.165, 1.54) is 6.92 Å². The number of rotatable bonds is 6.